The number of hydrogen-bond acceptors (Lipinski definition) is 6. The Labute approximate surface area is 182 Å². The number of nitriles is 1. The molecule has 2 aromatic rings. The lowest BCUT2D eigenvalue weighted by molar-refractivity contribution is -0.137. The van der Waals surface area contributed by atoms with Gasteiger partial charge in [0.25, 0.3) is 5.91 Å². The summed E-state index contributed by atoms with van der Waals surface area (Å²) >= 11 is 0. The Hall–Kier alpha value is -3.66. The summed E-state index contributed by atoms with van der Waals surface area (Å²) in [7, 11) is 4.82. The van der Waals surface area contributed by atoms with Crippen molar-refractivity contribution in [2.75, 3.05) is 34.4 Å². The van der Waals surface area contributed by atoms with Gasteiger partial charge < -0.3 is 23.8 Å². The zero-order chi connectivity index (χ0) is 22.4. The Morgan fingerprint density at radius 3 is 2.16 bits per heavy atom. The van der Waals surface area contributed by atoms with Gasteiger partial charge in [0.2, 0.25) is 0 Å². The summed E-state index contributed by atoms with van der Waals surface area (Å²) in [5.41, 5.74) is 2.48. The molecule has 1 atom stereocenters. The van der Waals surface area contributed by atoms with Crippen LogP contribution in [0.1, 0.15) is 24.5 Å². The van der Waals surface area contributed by atoms with E-state index in [9.17, 15) is 4.79 Å². The van der Waals surface area contributed by atoms with Gasteiger partial charge in [-0.1, -0.05) is 6.08 Å². The summed E-state index contributed by atoms with van der Waals surface area (Å²) in [4.78, 5) is 14.6. The summed E-state index contributed by atoms with van der Waals surface area (Å²) in [6.07, 6.45) is 2.05. The fourth-order valence-corrected chi connectivity index (χ4v) is 3.54. The van der Waals surface area contributed by atoms with Crippen LogP contribution in [0, 0.1) is 11.3 Å². The molecule has 0 aromatic heterocycles. The Morgan fingerprint density at radius 2 is 1.68 bits per heavy atom. The first-order valence-electron chi connectivity index (χ1n) is 9.95. The second-order valence-electron chi connectivity index (χ2n) is 7.07. The SMILES string of the molecule is COc1cc(OC)c(C2=CCN(C(=O)C(C)Oc3ccc(C#N)cc3)CC2)c(OC)c1. The summed E-state index contributed by atoms with van der Waals surface area (Å²) in [5, 5.41) is 8.89. The molecule has 1 unspecified atom stereocenters. The van der Waals surface area contributed by atoms with E-state index in [1.54, 1.807) is 57.4 Å². The van der Waals surface area contributed by atoms with Crippen LogP contribution in [0.4, 0.5) is 0 Å². The van der Waals surface area contributed by atoms with Crippen LogP contribution in [0.25, 0.3) is 5.57 Å². The van der Waals surface area contributed by atoms with Crippen LogP contribution in [0.3, 0.4) is 0 Å². The Bertz CT molecular complexity index is 983. The molecule has 7 nitrogen and oxygen atoms in total. The summed E-state index contributed by atoms with van der Waals surface area (Å²) in [5.74, 6) is 2.45. The summed E-state index contributed by atoms with van der Waals surface area (Å²) < 4.78 is 22.2. The molecule has 7 heteroatoms. The molecule has 1 aliphatic heterocycles. The van der Waals surface area contributed by atoms with Crippen LogP contribution in [-0.2, 0) is 4.79 Å². The molecule has 0 aliphatic carbocycles. The number of carbonyl (C=O) groups is 1. The molecule has 0 N–H and O–H groups in total. The maximum atomic E-state index is 12.9. The van der Waals surface area contributed by atoms with Gasteiger partial charge in [-0.25, -0.2) is 0 Å². The molecule has 1 aliphatic rings. The second kappa shape index (κ2) is 9.90. The van der Waals surface area contributed by atoms with Gasteiger partial charge in [-0.3, -0.25) is 4.79 Å². The zero-order valence-corrected chi connectivity index (χ0v) is 18.2. The highest BCUT2D eigenvalue weighted by Crippen LogP contribution is 2.40. The Morgan fingerprint density at radius 1 is 1.03 bits per heavy atom. The van der Waals surface area contributed by atoms with Gasteiger partial charge in [0.1, 0.15) is 23.0 Å². The molecule has 1 amide bonds. The molecule has 0 saturated carbocycles. The number of nitrogens with zero attached hydrogens (tertiary/aromatic N) is 2. The number of methoxy groups -OCH3 is 3. The first-order chi connectivity index (χ1) is 15.0. The number of carbonyl (C=O) groups excluding carboxylic acids is 1. The van der Waals surface area contributed by atoms with Crippen LogP contribution in [0.5, 0.6) is 23.0 Å². The number of benzene rings is 2. The van der Waals surface area contributed by atoms with Crippen LogP contribution in [0.2, 0.25) is 0 Å². The largest absolute Gasteiger partial charge is 0.496 e. The molecule has 0 fully saturated rings. The van der Waals surface area contributed by atoms with Gasteiger partial charge in [-0.05, 0) is 43.2 Å². The monoisotopic (exact) mass is 422 g/mol. The normalized spacial score (nSPS) is 14.2. The highest BCUT2D eigenvalue weighted by Gasteiger charge is 2.26. The number of rotatable bonds is 7. The maximum absolute atomic E-state index is 12.9. The summed E-state index contributed by atoms with van der Waals surface area (Å²) in [6, 6.07) is 12.4. The molecular formula is C24H26N2O5. The molecular weight excluding hydrogens is 396 g/mol. The van der Waals surface area contributed by atoms with Gasteiger partial charge in [-0.2, -0.15) is 5.26 Å². The van der Waals surface area contributed by atoms with Crippen LogP contribution in [0.15, 0.2) is 42.5 Å². The van der Waals surface area contributed by atoms with E-state index in [4.69, 9.17) is 24.2 Å². The highest BCUT2D eigenvalue weighted by molar-refractivity contribution is 5.83. The minimum atomic E-state index is -0.632. The third-order valence-electron chi connectivity index (χ3n) is 5.20. The molecule has 0 radical (unpaired) electrons. The summed E-state index contributed by atoms with van der Waals surface area (Å²) in [6.45, 7) is 2.76. The van der Waals surface area contributed by atoms with Crippen molar-refractivity contribution in [2.45, 2.75) is 19.4 Å². The van der Waals surface area contributed by atoms with Crippen molar-refractivity contribution in [3.05, 3.63) is 53.6 Å². The topological polar surface area (TPSA) is 81.0 Å². The average Bonchev–Trinajstić information content (AvgIpc) is 2.83. The van der Waals surface area contributed by atoms with E-state index in [1.807, 2.05) is 18.2 Å². The quantitative estimate of drug-likeness (QED) is 0.677. The van der Waals surface area contributed by atoms with Crippen molar-refractivity contribution in [2.24, 2.45) is 0 Å². The molecule has 1 heterocycles. The lowest BCUT2D eigenvalue weighted by atomic mass is 9.97. The molecule has 0 bridgehead atoms. The Balaban J connectivity index is 1.72. The van der Waals surface area contributed by atoms with Crippen molar-refractivity contribution in [1.82, 2.24) is 4.90 Å². The minimum absolute atomic E-state index is 0.0895. The average molecular weight is 422 g/mol. The maximum Gasteiger partial charge on any atom is 0.263 e. The first kappa shape index (κ1) is 22.0. The van der Waals surface area contributed by atoms with Crippen LogP contribution < -0.4 is 18.9 Å². The van der Waals surface area contributed by atoms with E-state index in [1.165, 1.54) is 0 Å². The standard InChI is InChI=1S/C24H26N2O5/c1-16(31-19-7-5-17(15-25)6-8-19)24(27)26-11-9-18(10-12-26)23-21(29-3)13-20(28-2)14-22(23)30-4/h5-9,13-14,16H,10-12H2,1-4H3. The van der Waals surface area contributed by atoms with Gasteiger partial charge in [0, 0.05) is 25.2 Å². The van der Waals surface area contributed by atoms with E-state index in [-0.39, 0.29) is 5.91 Å². The van der Waals surface area contributed by atoms with E-state index < -0.39 is 6.10 Å². The van der Waals surface area contributed by atoms with Gasteiger partial charge in [0.05, 0.1) is 38.5 Å². The third kappa shape index (κ3) is 4.92. The van der Waals surface area contributed by atoms with Crippen molar-refractivity contribution in [3.8, 4) is 29.1 Å². The minimum Gasteiger partial charge on any atom is -0.496 e. The fourth-order valence-electron chi connectivity index (χ4n) is 3.54. The predicted octanol–water partition coefficient (Wildman–Crippen LogP) is 3.67. The van der Waals surface area contributed by atoms with Gasteiger partial charge in [-0.15, -0.1) is 0 Å². The van der Waals surface area contributed by atoms with Crippen LogP contribution in [-0.4, -0.2) is 51.3 Å². The highest BCUT2D eigenvalue weighted by atomic mass is 16.5. The number of ether oxygens (including phenoxy) is 4. The van der Waals surface area contributed by atoms with Crippen molar-refractivity contribution < 1.29 is 23.7 Å². The smallest absolute Gasteiger partial charge is 0.263 e. The lowest BCUT2D eigenvalue weighted by Gasteiger charge is -2.30. The lowest BCUT2D eigenvalue weighted by Crippen LogP contribution is -2.42. The zero-order valence-electron chi connectivity index (χ0n) is 18.2. The van der Waals surface area contributed by atoms with Crippen LogP contribution >= 0.6 is 0 Å². The third-order valence-corrected chi connectivity index (χ3v) is 5.20. The second-order valence-corrected chi connectivity index (χ2v) is 7.07. The van der Waals surface area contributed by atoms with E-state index in [0.29, 0.717) is 48.1 Å². The molecule has 31 heavy (non-hydrogen) atoms. The predicted molar refractivity (Wildman–Crippen MR) is 117 cm³/mol. The molecule has 0 saturated heterocycles. The Kier molecular flexibility index (Phi) is 7.03. The van der Waals surface area contributed by atoms with E-state index >= 15 is 0 Å². The van der Waals surface area contributed by atoms with Crippen molar-refractivity contribution in [1.29, 1.82) is 5.26 Å². The van der Waals surface area contributed by atoms with E-state index in [2.05, 4.69) is 6.07 Å². The van der Waals surface area contributed by atoms with Gasteiger partial charge >= 0.3 is 0 Å². The van der Waals surface area contributed by atoms with Crippen molar-refractivity contribution in [3.63, 3.8) is 0 Å². The number of hydrogen-bond donors (Lipinski definition) is 0. The molecule has 0 spiro atoms. The molecule has 162 valence electrons. The fraction of sp³-hybridized carbons (Fsp3) is 0.333. The van der Waals surface area contributed by atoms with Crippen molar-refractivity contribution >= 4 is 11.5 Å². The number of amides is 1. The van der Waals surface area contributed by atoms with Gasteiger partial charge in [0.15, 0.2) is 6.10 Å². The molecule has 3 rings (SSSR count). The first-order valence-corrected chi connectivity index (χ1v) is 9.95. The van der Waals surface area contributed by atoms with E-state index in [0.717, 1.165) is 11.1 Å². The molecule has 2 aromatic carbocycles.